The number of hydrogen-bond acceptors (Lipinski definition) is 3. The molecule has 2 heterocycles. The average Bonchev–Trinajstić information content (AvgIpc) is 3.11. The molecule has 0 saturated heterocycles. The van der Waals surface area contributed by atoms with Crippen LogP contribution < -0.4 is 5.32 Å². The molecule has 0 amide bonds. The first-order valence-electron chi connectivity index (χ1n) is 7.73. The van der Waals surface area contributed by atoms with E-state index in [0.29, 0.717) is 6.54 Å². The number of amidine groups is 1. The van der Waals surface area contributed by atoms with Gasteiger partial charge < -0.3 is 5.32 Å². The van der Waals surface area contributed by atoms with E-state index in [2.05, 4.69) is 58.8 Å². The van der Waals surface area contributed by atoms with E-state index in [9.17, 15) is 0 Å². The molecule has 0 fully saturated rings. The van der Waals surface area contributed by atoms with Gasteiger partial charge in [-0.2, -0.15) is 0 Å². The lowest BCUT2D eigenvalue weighted by Gasteiger charge is -2.31. The Balaban J connectivity index is 1.78. The van der Waals surface area contributed by atoms with Gasteiger partial charge in [0.15, 0.2) is 0 Å². The largest absolute Gasteiger partial charge is 0.355 e. The van der Waals surface area contributed by atoms with Gasteiger partial charge in [0, 0.05) is 18.0 Å². The van der Waals surface area contributed by atoms with E-state index in [0.717, 1.165) is 11.4 Å². The van der Waals surface area contributed by atoms with Gasteiger partial charge in [-0.15, -0.1) is 0 Å². The molecule has 3 heteroatoms. The summed E-state index contributed by atoms with van der Waals surface area (Å²) in [6.45, 7) is 0.679. The molecule has 2 aromatic carbocycles. The maximum absolute atomic E-state index is 4.79. The Labute approximate surface area is 135 Å². The van der Waals surface area contributed by atoms with Crippen LogP contribution in [0.5, 0.6) is 0 Å². The van der Waals surface area contributed by atoms with Gasteiger partial charge in [0.25, 0.3) is 0 Å². The van der Waals surface area contributed by atoms with Crippen LogP contribution in [-0.4, -0.2) is 17.4 Å². The van der Waals surface area contributed by atoms with Crippen LogP contribution in [0.3, 0.4) is 0 Å². The van der Waals surface area contributed by atoms with E-state index in [1.54, 1.807) is 12.4 Å². The third-order valence-corrected chi connectivity index (χ3v) is 4.29. The summed E-state index contributed by atoms with van der Waals surface area (Å²) < 4.78 is 0. The highest BCUT2D eigenvalue weighted by atomic mass is 15.1. The number of benzene rings is 2. The summed E-state index contributed by atoms with van der Waals surface area (Å²) in [7, 11) is 0. The molecule has 0 aliphatic carbocycles. The van der Waals surface area contributed by atoms with Crippen molar-refractivity contribution in [3.63, 3.8) is 0 Å². The molecule has 3 aromatic rings. The lowest BCUT2D eigenvalue weighted by atomic mass is 9.83. The monoisotopic (exact) mass is 299 g/mol. The van der Waals surface area contributed by atoms with Crippen molar-refractivity contribution in [2.24, 2.45) is 4.99 Å². The maximum atomic E-state index is 4.79. The fourth-order valence-electron chi connectivity index (χ4n) is 3.09. The van der Waals surface area contributed by atoms with Crippen LogP contribution in [0.2, 0.25) is 0 Å². The van der Waals surface area contributed by atoms with Crippen molar-refractivity contribution in [3.8, 4) is 0 Å². The highest BCUT2D eigenvalue weighted by molar-refractivity contribution is 6.00. The SMILES string of the molecule is c1ccc(C2(c3ccccc3)CN=C(c3ccncc3)N2)cc1. The summed E-state index contributed by atoms with van der Waals surface area (Å²) >= 11 is 0. The molecule has 0 atom stereocenters. The zero-order valence-electron chi connectivity index (χ0n) is 12.7. The van der Waals surface area contributed by atoms with E-state index < -0.39 is 0 Å². The van der Waals surface area contributed by atoms with Crippen molar-refractivity contribution in [1.29, 1.82) is 0 Å². The van der Waals surface area contributed by atoms with Gasteiger partial charge in [0.05, 0.1) is 6.54 Å². The third kappa shape index (κ3) is 2.40. The van der Waals surface area contributed by atoms with Crippen LogP contribution in [0.15, 0.2) is 90.2 Å². The highest BCUT2D eigenvalue weighted by Gasteiger charge is 2.39. The number of rotatable bonds is 3. The summed E-state index contributed by atoms with van der Waals surface area (Å²) in [6, 6.07) is 25.0. The Bertz CT molecular complexity index is 772. The third-order valence-electron chi connectivity index (χ3n) is 4.29. The second kappa shape index (κ2) is 5.69. The van der Waals surface area contributed by atoms with Crippen molar-refractivity contribution in [3.05, 3.63) is 102 Å². The number of nitrogens with zero attached hydrogens (tertiary/aromatic N) is 2. The Morgan fingerprint density at radius 1 is 0.739 bits per heavy atom. The molecule has 0 spiro atoms. The molecule has 4 rings (SSSR count). The normalized spacial score (nSPS) is 15.7. The van der Waals surface area contributed by atoms with Crippen LogP contribution >= 0.6 is 0 Å². The predicted octanol–water partition coefficient (Wildman–Crippen LogP) is 3.38. The zero-order valence-corrected chi connectivity index (χ0v) is 12.7. The van der Waals surface area contributed by atoms with Gasteiger partial charge in [-0.1, -0.05) is 60.7 Å². The van der Waals surface area contributed by atoms with Gasteiger partial charge in [0.1, 0.15) is 11.4 Å². The van der Waals surface area contributed by atoms with Crippen LogP contribution in [-0.2, 0) is 5.54 Å². The standard InChI is InChI=1S/C20H17N3/c1-3-7-17(8-4-1)20(18-9-5-2-6-10-18)15-22-19(23-20)16-11-13-21-14-12-16/h1-14H,15H2,(H,22,23). The molecule has 1 aliphatic heterocycles. The van der Waals surface area contributed by atoms with Crippen molar-refractivity contribution < 1.29 is 0 Å². The number of nitrogens with one attached hydrogen (secondary N) is 1. The van der Waals surface area contributed by atoms with Gasteiger partial charge in [0.2, 0.25) is 0 Å². The minimum Gasteiger partial charge on any atom is -0.355 e. The number of pyridine rings is 1. The van der Waals surface area contributed by atoms with Crippen LogP contribution in [0, 0.1) is 0 Å². The lowest BCUT2D eigenvalue weighted by molar-refractivity contribution is 0.524. The van der Waals surface area contributed by atoms with Gasteiger partial charge in [-0.25, -0.2) is 0 Å². The number of aliphatic imine (C=N–C) groups is 1. The molecule has 1 N–H and O–H groups in total. The molecule has 0 unspecified atom stereocenters. The lowest BCUT2D eigenvalue weighted by Crippen LogP contribution is -2.44. The second-order valence-corrected chi connectivity index (χ2v) is 5.66. The first kappa shape index (κ1) is 13.7. The maximum Gasteiger partial charge on any atom is 0.129 e. The summed E-state index contributed by atoms with van der Waals surface area (Å²) in [5, 5.41) is 3.68. The Morgan fingerprint density at radius 2 is 1.30 bits per heavy atom. The molecule has 1 aliphatic rings. The van der Waals surface area contributed by atoms with E-state index in [-0.39, 0.29) is 5.54 Å². The van der Waals surface area contributed by atoms with Crippen LogP contribution in [0.4, 0.5) is 0 Å². The fourth-order valence-corrected chi connectivity index (χ4v) is 3.09. The van der Waals surface area contributed by atoms with Gasteiger partial charge in [-0.05, 0) is 23.3 Å². The molecule has 23 heavy (non-hydrogen) atoms. The Hall–Kier alpha value is -2.94. The zero-order chi connectivity index (χ0) is 15.5. The van der Waals surface area contributed by atoms with Crippen molar-refractivity contribution in [1.82, 2.24) is 10.3 Å². The summed E-state index contributed by atoms with van der Waals surface area (Å²) in [4.78, 5) is 8.88. The molecule has 3 nitrogen and oxygen atoms in total. The fraction of sp³-hybridized carbons (Fsp3) is 0.100. The predicted molar refractivity (Wildman–Crippen MR) is 92.4 cm³/mol. The van der Waals surface area contributed by atoms with E-state index in [1.807, 2.05) is 24.3 Å². The van der Waals surface area contributed by atoms with Gasteiger partial charge >= 0.3 is 0 Å². The molecule has 0 radical (unpaired) electrons. The highest BCUT2D eigenvalue weighted by Crippen LogP contribution is 2.33. The average molecular weight is 299 g/mol. The van der Waals surface area contributed by atoms with Crippen molar-refractivity contribution in [2.45, 2.75) is 5.54 Å². The van der Waals surface area contributed by atoms with Crippen molar-refractivity contribution >= 4 is 5.84 Å². The molecule has 112 valence electrons. The molecule has 1 aromatic heterocycles. The van der Waals surface area contributed by atoms with E-state index >= 15 is 0 Å². The van der Waals surface area contributed by atoms with Crippen LogP contribution in [0.25, 0.3) is 0 Å². The van der Waals surface area contributed by atoms with E-state index in [1.165, 1.54) is 11.1 Å². The summed E-state index contributed by atoms with van der Waals surface area (Å²) in [5.41, 5.74) is 3.19. The molecule has 0 saturated carbocycles. The molecular formula is C20H17N3. The first-order chi connectivity index (χ1) is 11.4. The van der Waals surface area contributed by atoms with Crippen molar-refractivity contribution in [2.75, 3.05) is 6.54 Å². The minimum absolute atomic E-state index is 0.318. The Kier molecular flexibility index (Phi) is 3.39. The Morgan fingerprint density at radius 3 is 1.87 bits per heavy atom. The molecule has 0 bridgehead atoms. The number of aromatic nitrogens is 1. The minimum atomic E-state index is -0.318. The van der Waals surface area contributed by atoms with E-state index in [4.69, 9.17) is 4.99 Å². The van der Waals surface area contributed by atoms with Gasteiger partial charge in [-0.3, -0.25) is 9.98 Å². The smallest absolute Gasteiger partial charge is 0.129 e. The first-order valence-corrected chi connectivity index (χ1v) is 7.73. The topological polar surface area (TPSA) is 37.3 Å². The quantitative estimate of drug-likeness (QED) is 0.805. The van der Waals surface area contributed by atoms with Crippen LogP contribution in [0.1, 0.15) is 16.7 Å². The molecular weight excluding hydrogens is 282 g/mol. The summed E-state index contributed by atoms with van der Waals surface area (Å²) in [6.07, 6.45) is 3.59. The second-order valence-electron chi connectivity index (χ2n) is 5.66. The summed E-state index contributed by atoms with van der Waals surface area (Å²) in [5.74, 6) is 0.917. The number of hydrogen-bond donors (Lipinski definition) is 1.